The molecule has 1 fully saturated rings. The molecule has 0 aromatic rings. The Morgan fingerprint density at radius 3 is 2.60 bits per heavy atom. The lowest BCUT2D eigenvalue weighted by molar-refractivity contribution is 0.607. The second-order valence-electron chi connectivity index (χ2n) is 4.26. The first-order valence-corrected chi connectivity index (χ1v) is 5.85. The molecule has 0 radical (unpaired) electrons. The van der Waals surface area contributed by atoms with E-state index >= 15 is 0 Å². The number of nitrogens with one attached hydrogen (secondary N) is 2. The molecule has 1 saturated heterocycles. The lowest BCUT2D eigenvalue weighted by Gasteiger charge is -2.20. The highest BCUT2D eigenvalue weighted by Crippen LogP contribution is 2.18. The molecule has 2 heterocycles. The quantitative estimate of drug-likeness (QED) is 0.716. The largest absolute Gasteiger partial charge is 0.313 e. The summed E-state index contributed by atoms with van der Waals surface area (Å²) < 4.78 is 0. The first-order valence-electron chi connectivity index (χ1n) is 5.85. The Bertz CT molecular complexity index is 292. The monoisotopic (exact) mass is 204 g/mol. The minimum atomic E-state index is 1.00. The van der Waals surface area contributed by atoms with E-state index in [2.05, 4.69) is 23.3 Å². The Morgan fingerprint density at radius 2 is 1.87 bits per heavy atom. The molecule has 0 saturated carbocycles. The van der Waals surface area contributed by atoms with Gasteiger partial charge in [0.2, 0.25) is 0 Å². The highest BCUT2D eigenvalue weighted by molar-refractivity contribution is 5.37. The maximum absolute atomic E-state index is 3.90. The van der Waals surface area contributed by atoms with Crippen LogP contribution in [-0.2, 0) is 0 Å². The van der Waals surface area contributed by atoms with E-state index in [1.54, 1.807) is 5.57 Å². The van der Waals surface area contributed by atoms with Crippen LogP contribution in [0.15, 0.2) is 35.5 Å². The van der Waals surface area contributed by atoms with Gasteiger partial charge in [0.1, 0.15) is 0 Å². The first kappa shape index (κ1) is 10.7. The summed E-state index contributed by atoms with van der Waals surface area (Å²) in [4.78, 5) is 0. The van der Waals surface area contributed by atoms with Crippen LogP contribution in [0.3, 0.4) is 0 Å². The third kappa shape index (κ3) is 2.80. The van der Waals surface area contributed by atoms with Gasteiger partial charge in [-0.1, -0.05) is 24.3 Å². The summed E-state index contributed by atoms with van der Waals surface area (Å²) in [6.07, 6.45) is 8.03. The second-order valence-corrected chi connectivity index (χ2v) is 4.26. The van der Waals surface area contributed by atoms with Crippen molar-refractivity contribution < 1.29 is 0 Å². The van der Waals surface area contributed by atoms with Crippen molar-refractivity contribution in [3.8, 4) is 0 Å². The topological polar surface area (TPSA) is 24.1 Å². The molecule has 15 heavy (non-hydrogen) atoms. The third-order valence-corrected chi connectivity index (χ3v) is 3.13. The van der Waals surface area contributed by atoms with E-state index in [1.165, 1.54) is 30.5 Å². The van der Waals surface area contributed by atoms with Crippen LogP contribution >= 0.6 is 0 Å². The van der Waals surface area contributed by atoms with E-state index in [9.17, 15) is 0 Å². The van der Waals surface area contributed by atoms with Crippen molar-refractivity contribution in [2.24, 2.45) is 0 Å². The fourth-order valence-electron chi connectivity index (χ4n) is 2.24. The molecule has 0 spiro atoms. The van der Waals surface area contributed by atoms with E-state index in [4.69, 9.17) is 0 Å². The zero-order valence-corrected chi connectivity index (χ0v) is 9.31. The number of hydrogen-bond acceptors (Lipinski definition) is 2. The molecular weight excluding hydrogens is 184 g/mol. The van der Waals surface area contributed by atoms with Crippen molar-refractivity contribution in [1.82, 2.24) is 10.6 Å². The van der Waals surface area contributed by atoms with E-state index in [-0.39, 0.29) is 0 Å². The predicted molar refractivity (Wildman–Crippen MR) is 64.9 cm³/mol. The summed E-state index contributed by atoms with van der Waals surface area (Å²) in [7, 11) is 0. The molecule has 2 N–H and O–H groups in total. The molecule has 2 aliphatic heterocycles. The van der Waals surface area contributed by atoms with Crippen molar-refractivity contribution in [3.05, 3.63) is 35.5 Å². The highest BCUT2D eigenvalue weighted by atomic mass is 14.9. The van der Waals surface area contributed by atoms with Crippen LogP contribution in [0.4, 0.5) is 0 Å². The Kier molecular flexibility index (Phi) is 3.75. The van der Waals surface area contributed by atoms with Gasteiger partial charge in [-0.15, -0.1) is 0 Å². The summed E-state index contributed by atoms with van der Waals surface area (Å²) in [6.45, 7) is 8.22. The van der Waals surface area contributed by atoms with E-state index in [0.717, 1.165) is 26.1 Å². The molecule has 82 valence electrons. The molecule has 0 aliphatic carbocycles. The Balaban J connectivity index is 2.13. The van der Waals surface area contributed by atoms with Crippen molar-refractivity contribution in [2.75, 3.05) is 26.2 Å². The summed E-state index contributed by atoms with van der Waals surface area (Å²) in [5.41, 5.74) is 4.40. The van der Waals surface area contributed by atoms with Crippen LogP contribution in [0.25, 0.3) is 0 Å². The van der Waals surface area contributed by atoms with Crippen molar-refractivity contribution in [3.63, 3.8) is 0 Å². The van der Waals surface area contributed by atoms with Gasteiger partial charge in [-0.3, -0.25) is 0 Å². The lowest BCUT2D eigenvalue weighted by atomic mass is 9.97. The highest BCUT2D eigenvalue weighted by Gasteiger charge is 2.10. The minimum Gasteiger partial charge on any atom is -0.313 e. The van der Waals surface area contributed by atoms with Gasteiger partial charge in [-0.2, -0.15) is 0 Å². The Hall–Kier alpha value is -0.860. The molecule has 2 heteroatoms. The van der Waals surface area contributed by atoms with Crippen LogP contribution in [0.1, 0.15) is 19.3 Å². The zero-order valence-electron chi connectivity index (χ0n) is 9.31. The molecular formula is C13H20N2. The van der Waals surface area contributed by atoms with Crippen LogP contribution < -0.4 is 10.6 Å². The van der Waals surface area contributed by atoms with Crippen molar-refractivity contribution in [2.45, 2.75) is 19.3 Å². The number of hydrogen-bond donors (Lipinski definition) is 2. The summed E-state index contributed by atoms with van der Waals surface area (Å²) in [5.74, 6) is 0. The molecule has 0 amide bonds. The number of allylic oxidation sites excluding steroid dienone is 1. The van der Waals surface area contributed by atoms with Crippen LogP contribution in [0, 0.1) is 0 Å². The van der Waals surface area contributed by atoms with E-state index in [1.807, 2.05) is 6.08 Å². The molecule has 0 bridgehead atoms. The van der Waals surface area contributed by atoms with Gasteiger partial charge in [0.15, 0.2) is 0 Å². The van der Waals surface area contributed by atoms with E-state index < -0.39 is 0 Å². The van der Waals surface area contributed by atoms with Crippen molar-refractivity contribution >= 4 is 0 Å². The fourth-order valence-corrected chi connectivity index (χ4v) is 2.24. The smallest absolute Gasteiger partial charge is 0.0208 e. The summed E-state index contributed by atoms with van der Waals surface area (Å²) in [6, 6.07) is 0. The Morgan fingerprint density at radius 1 is 1.00 bits per heavy atom. The average molecular weight is 204 g/mol. The van der Waals surface area contributed by atoms with Crippen LogP contribution in [0.2, 0.25) is 0 Å². The second kappa shape index (κ2) is 5.29. The first-order chi connectivity index (χ1) is 7.40. The van der Waals surface area contributed by atoms with Gasteiger partial charge in [-0.25, -0.2) is 0 Å². The predicted octanol–water partition coefficient (Wildman–Crippen LogP) is 1.77. The summed E-state index contributed by atoms with van der Waals surface area (Å²) in [5, 5.41) is 6.84. The maximum Gasteiger partial charge on any atom is 0.0208 e. The average Bonchev–Trinajstić information content (AvgIpc) is 2.31. The molecule has 2 nitrogen and oxygen atoms in total. The molecule has 0 aromatic heterocycles. The lowest BCUT2D eigenvalue weighted by Crippen LogP contribution is -2.26. The fraction of sp³-hybridized carbons (Fsp3) is 0.538. The number of rotatable bonds is 2. The van der Waals surface area contributed by atoms with Gasteiger partial charge in [0.05, 0.1) is 0 Å². The third-order valence-electron chi connectivity index (χ3n) is 3.13. The maximum atomic E-state index is 3.90. The van der Waals surface area contributed by atoms with Gasteiger partial charge in [0, 0.05) is 13.1 Å². The zero-order chi connectivity index (χ0) is 10.5. The SMILES string of the molecule is C=CC1=C(/C=C2\CCCNC2)CNCC1. The van der Waals surface area contributed by atoms with E-state index in [0.29, 0.717) is 0 Å². The van der Waals surface area contributed by atoms with Gasteiger partial charge < -0.3 is 10.6 Å². The van der Waals surface area contributed by atoms with Crippen LogP contribution in [-0.4, -0.2) is 26.2 Å². The summed E-state index contributed by atoms with van der Waals surface area (Å²) >= 11 is 0. The number of piperidine rings is 1. The normalized spacial score (nSPS) is 25.7. The van der Waals surface area contributed by atoms with Crippen molar-refractivity contribution in [1.29, 1.82) is 0 Å². The Labute approximate surface area is 92.1 Å². The molecule has 2 aliphatic rings. The van der Waals surface area contributed by atoms with Gasteiger partial charge in [0.25, 0.3) is 0 Å². The van der Waals surface area contributed by atoms with Gasteiger partial charge in [-0.05, 0) is 43.5 Å². The molecule has 0 atom stereocenters. The molecule has 2 rings (SSSR count). The van der Waals surface area contributed by atoms with Crippen LogP contribution in [0.5, 0.6) is 0 Å². The molecule has 0 unspecified atom stereocenters. The molecule has 0 aromatic carbocycles. The minimum absolute atomic E-state index is 1.00. The van der Waals surface area contributed by atoms with Gasteiger partial charge >= 0.3 is 0 Å². The standard InChI is InChI=1S/C13H20N2/c1-2-12-5-7-15-10-13(12)8-11-4-3-6-14-9-11/h2,8,14-15H,1,3-7,9-10H2/b11-8+.